The van der Waals surface area contributed by atoms with Crippen LogP contribution in [0.4, 0.5) is 4.79 Å². The molecule has 1 heterocycles. The maximum absolute atomic E-state index is 12.3. The van der Waals surface area contributed by atoms with Gasteiger partial charge in [0.05, 0.1) is 23.7 Å². The Balaban J connectivity index is 1.53. The molecule has 9 heteroatoms. The van der Waals surface area contributed by atoms with Crippen molar-refractivity contribution in [3.8, 4) is 11.5 Å². The van der Waals surface area contributed by atoms with Crippen LogP contribution in [0.1, 0.15) is 51.3 Å². The molecular formula is C21H28ClN5O3. The van der Waals surface area contributed by atoms with Crippen molar-refractivity contribution < 1.29 is 14.0 Å². The fourth-order valence-electron chi connectivity index (χ4n) is 3.62. The number of urea groups is 1. The Kier molecular flexibility index (Phi) is 8.21. The molecule has 0 spiro atoms. The molecule has 1 aliphatic rings. The Morgan fingerprint density at radius 2 is 1.97 bits per heavy atom. The molecule has 1 aliphatic carbocycles. The van der Waals surface area contributed by atoms with Gasteiger partial charge in [0.25, 0.3) is 0 Å². The van der Waals surface area contributed by atoms with Crippen LogP contribution < -0.4 is 10.6 Å². The van der Waals surface area contributed by atoms with Gasteiger partial charge in [0.1, 0.15) is 0 Å². The van der Waals surface area contributed by atoms with Gasteiger partial charge in [0.2, 0.25) is 17.7 Å². The molecular weight excluding hydrogens is 406 g/mol. The van der Waals surface area contributed by atoms with Gasteiger partial charge >= 0.3 is 6.03 Å². The fourth-order valence-corrected chi connectivity index (χ4v) is 3.84. The van der Waals surface area contributed by atoms with E-state index in [1.165, 1.54) is 6.42 Å². The van der Waals surface area contributed by atoms with Crippen molar-refractivity contribution in [3.63, 3.8) is 0 Å². The van der Waals surface area contributed by atoms with Crippen LogP contribution in [0.15, 0.2) is 28.7 Å². The van der Waals surface area contributed by atoms with Crippen molar-refractivity contribution in [2.75, 3.05) is 13.1 Å². The van der Waals surface area contributed by atoms with Crippen LogP contribution in [0.5, 0.6) is 0 Å². The smallest absolute Gasteiger partial charge is 0.321 e. The third-order valence-corrected chi connectivity index (χ3v) is 5.36. The van der Waals surface area contributed by atoms with Crippen LogP contribution in [-0.4, -0.2) is 46.2 Å². The molecule has 0 saturated heterocycles. The number of nitrogens with one attached hydrogen (secondary N) is 2. The second-order valence-electron chi connectivity index (χ2n) is 7.55. The summed E-state index contributed by atoms with van der Waals surface area (Å²) in [6.07, 6.45) is 6.21. The Labute approximate surface area is 181 Å². The highest BCUT2D eigenvalue weighted by Crippen LogP contribution is 2.26. The van der Waals surface area contributed by atoms with E-state index in [0.29, 0.717) is 35.5 Å². The third kappa shape index (κ3) is 6.53. The molecule has 3 rings (SSSR count). The monoisotopic (exact) mass is 433 g/mol. The lowest BCUT2D eigenvalue weighted by molar-refractivity contribution is -0.121. The molecule has 0 unspecified atom stereocenters. The molecule has 3 amide bonds. The number of amides is 3. The lowest BCUT2D eigenvalue weighted by atomic mass is 9.96. The number of halogens is 1. The molecule has 0 atom stereocenters. The summed E-state index contributed by atoms with van der Waals surface area (Å²) in [5.74, 6) is 0.365. The molecule has 0 aliphatic heterocycles. The predicted molar refractivity (Wildman–Crippen MR) is 114 cm³/mol. The van der Waals surface area contributed by atoms with E-state index >= 15 is 0 Å². The molecule has 2 aromatic rings. The molecule has 8 nitrogen and oxygen atoms in total. The van der Waals surface area contributed by atoms with Crippen molar-refractivity contribution in [2.24, 2.45) is 0 Å². The van der Waals surface area contributed by atoms with E-state index in [2.05, 4.69) is 20.8 Å². The van der Waals surface area contributed by atoms with Crippen LogP contribution in [0.2, 0.25) is 5.02 Å². The number of benzene rings is 1. The second kappa shape index (κ2) is 11.1. The summed E-state index contributed by atoms with van der Waals surface area (Å²) in [5, 5.41) is 14.0. The number of aromatic nitrogens is 2. The molecule has 30 heavy (non-hydrogen) atoms. The van der Waals surface area contributed by atoms with Gasteiger partial charge in [-0.1, -0.05) is 49.9 Å². The second-order valence-corrected chi connectivity index (χ2v) is 7.96. The largest absolute Gasteiger partial charge is 0.419 e. The topological polar surface area (TPSA) is 100 Å². The highest BCUT2D eigenvalue weighted by molar-refractivity contribution is 6.33. The Morgan fingerprint density at radius 1 is 1.20 bits per heavy atom. The lowest BCUT2D eigenvalue weighted by Crippen LogP contribution is -2.48. The summed E-state index contributed by atoms with van der Waals surface area (Å²) in [6.45, 7) is 3.05. The number of carbonyl (C=O) groups is 2. The summed E-state index contributed by atoms with van der Waals surface area (Å²) >= 11 is 6.18. The average molecular weight is 434 g/mol. The predicted octanol–water partition coefficient (Wildman–Crippen LogP) is 3.76. The zero-order valence-electron chi connectivity index (χ0n) is 17.2. The van der Waals surface area contributed by atoms with E-state index in [1.807, 2.05) is 30.0 Å². The Morgan fingerprint density at radius 3 is 2.70 bits per heavy atom. The number of nitrogens with zero attached hydrogens (tertiary/aromatic N) is 3. The standard InChI is InChI=1S/C21H28ClN5O3/c1-2-12-27(13-18(28)24-21(29)23-15-8-4-3-5-9-15)14-19-25-26-20(30-19)16-10-6-7-11-17(16)22/h6-7,10-11,15H,2-5,8-9,12-14H2,1H3,(H2,23,24,28,29). The van der Waals surface area contributed by atoms with Crippen molar-refractivity contribution >= 4 is 23.5 Å². The number of imide groups is 1. The van der Waals surface area contributed by atoms with Gasteiger partial charge < -0.3 is 9.73 Å². The van der Waals surface area contributed by atoms with Gasteiger partial charge in [-0.3, -0.25) is 15.0 Å². The van der Waals surface area contributed by atoms with Crippen molar-refractivity contribution in [3.05, 3.63) is 35.2 Å². The van der Waals surface area contributed by atoms with Crippen LogP contribution >= 0.6 is 11.6 Å². The van der Waals surface area contributed by atoms with E-state index in [0.717, 1.165) is 32.1 Å². The zero-order valence-corrected chi connectivity index (χ0v) is 18.0. The van der Waals surface area contributed by atoms with Gasteiger partial charge in [-0.2, -0.15) is 0 Å². The molecule has 1 aromatic carbocycles. The summed E-state index contributed by atoms with van der Waals surface area (Å²) in [5.41, 5.74) is 0.664. The average Bonchev–Trinajstić information content (AvgIpc) is 3.17. The SMILES string of the molecule is CCCN(CC(=O)NC(=O)NC1CCCCC1)Cc1nnc(-c2ccccc2Cl)o1. The number of carbonyl (C=O) groups excluding carboxylic acids is 2. The minimum atomic E-state index is -0.429. The highest BCUT2D eigenvalue weighted by Gasteiger charge is 2.20. The molecule has 1 fully saturated rings. The van der Waals surface area contributed by atoms with Crippen LogP contribution in [-0.2, 0) is 11.3 Å². The van der Waals surface area contributed by atoms with Crippen LogP contribution in [0, 0.1) is 0 Å². The minimum absolute atomic E-state index is 0.0652. The van der Waals surface area contributed by atoms with Crippen molar-refractivity contribution in [1.82, 2.24) is 25.7 Å². The fraction of sp³-hybridized carbons (Fsp3) is 0.524. The van der Waals surface area contributed by atoms with E-state index in [9.17, 15) is 9.59 Å². The molecule has 162 valence electrons. The van der Waals surface area contributed by atoms with Gasteiger partial charge in [0.15, 0.2) is 0 Å². The van der Waals surface area contributed by atoms with Crippen LogP contribution in [0.3, 0.4) is 0 Å². The maximum atomic E-state index is 12.3. The number of hydrogen-bond acceptors (Lipinski definition) is 6. The molecule has 1 saturated carbocycles. The first-order chi connectivity index (χ1) is 14.5. The van der Waals surface area contributed by atoms with Crippen LogP contribution in [0.25, 0.3) is 11.5 Å². The van der Waals surface area contributed by atoms with Gasteiger partial charge in [-0.25, -0.2) is 4.79 Å². The zero-order chi connectivity index (χ0) is 21.3. The van der Waals surface area contributed by atoms with E-state index < -0.39 is 6.03 Å². The first-order valence-electron chi connectivity index (χ1n) is 10.4. The summed E-state index contributed by atoms with van der Waals surface area (Å²) < 4.78 is 5.73. The first kappa shape index (κ1) is 22.2. The van der Waals surface area contributed by atoms with E-state index in [4.69, 9.17) is 16.0 Å². The molecule has 0 radical (unpaired) electrons. The summed E-state index contributed by atoms with van der Waals surface area (Å²) in [6, 6.07) is 6.96. The Bertz CT molecular complexity index is 851. The van der Waals surface area contributed by atoms with Gasteiger partial charge in [-0.05, 0) is 37.9 Å². The lowest BCUT2D eigenvalue weighted by Gasteiger charge is -2.23. The van der Waals surface area contributed by atoms with E-state index in [1.54, 1.807) is 6.07 Å². The third-order valence-electron chi connectivity index (χ3n) is 5.03. The number of rotatable bonds is 8. The molecule has 0 bridgehead atoms. The maximum Gasteiger partial charge on any atom is 0.321 e. The Hall–Kier alpha value is -2.45. The summed E-state index contributed by atoms with van der Waals surface area (Å²) in [7, 11) is 0. The van der Waals surface area contributed by atoms with Crippen molar-refractivity contribution in [2.45, 2.75) is 58.0 Å². The molecule has 1 aromatic heterocycles. The van der Waals surface area contributed by atoms with E-state index in [-0.39, 0.29) is 18.5 Å². The quantitative estimate of drug-likeness (QED) is 0.657. The normalized spacial score (nSPS) is 14.6. The van der Waals surface area contributed by atoms with Crippen molar-refractivity contribution in [1.29, 1.82) is 0 Å². The minimum Gasteiger partial charge on any atom is -0.419 e. The first-order valence-corrected chi connectivity index (χ1v) is 10.8. The number of hydrogen-bond donors (Lipinski definition) is 2. The molecule has 2 N–H and O–H groups in total. The van der Waals surface area contributed by atoms with Gasteiger partial charge in [-0.15, -0.1) is 10.2 Å². The van der Waals surface area contributed by atoms with Gasteiger partial charge in [0, 0.05) is 6.04 Å². The summed E-state index contributed by atoms with van der Waals surface area (Å²) in [4.78, 5) is 26.3. The highest BCUT2D eigenvalue weighted by atomic mass is 35.5.